The summed E-state index contributed by atoms with van der Waals surface area (Å²) in [5.41, 5.74) is 11.3. The topological polar surface area (TPSA) is 226 Å². The summed E-state index contributed by atoms with van der Waals surface area (Å²) in [6.07, 6.45) is 16.2. The van der Waals surface area contributed by atoms with E-state index in [0.29, 0.717) is 32.2 Å². The molecule has 0 fully saturated rings. The molecule has 0 saturated carbocycles. The van der Waals surface area contributed by atoms with Crippen LogP contribution in [0.25, 0.3) is 0 Å². The van der Waals surface area contributed by atoms with Crippen molar-refractivity contribution in [3.05, 3.63) is 0 Å². The second-order valence-electron chi connectivity index (χ2n) is 13.3. The van der Waals surface area contributed by atoms with E-state index in [9.17, 15) is 34.2 Å². The molecule has 0 saturated heterocycles. The van der Waals surface area contributed by atoms with E-state index in [4.69, 9.17) is 11.5 Å². The van der Waals surface area contributed by atoms with Gasteiger partial charge in [-0.2, -0.15) is 0 Å². The Balaban J connectivity index is 5.01. The lowest BCUT2D eigenvalue weighted by Crippen LogP contribution is -2.60. The number of carboxylic acid groups (broad SMARTS) is 1. The Bertz CT molecular complexity index is 918. The SMILES string of the molecule is CCCCCCCCCCCCCCCC(=O)N[C@@H](CCCCN)C(=O)N[C@H](C(=O)N[C@@H](CCN)C(=O)N[C@H](C(=O)O)[C@@H](C)O)C(C)C. The largest absolute Gasteiger partial charge is 0.480 e. The maximum atomic E-state index is 13.4. The van der Waals surface area contributed by atoms with Crippen LogP contribution >= 0.6 is 0 Å². The van der Waals surface area contributed by atoms with E-state index in [1.807, 2.05) is 0 Å². The van der Waals surface area contributed by atoms with Crippen molar-refractivity contribution in [1.29, 1.82) is 0 Å². The number of aliphatic carboxylic acids is 1. The first-order chi connectivity index (χ1) is 22.9. The molecule has 0 unspecified atom stereocenters. The molecule has 0 radical (unpaired) electrons. The first-order valence-electron chi connectivity index (χ1n) is 18.4. The molecule has 280 valence electrons. The minimum atomic E-state index is -1.58. The Hall–Kier alpha value is -2.77. The van der Waals surface area contributed by atoms with Gasteiger partial charge in [0, 0.05) is 6.42 Å². The van der Waals surface area contributed by atoms with Gasteiger partial charge in [0.15, 0.2) is 6.04 Å². The van der Waals surface area contributed by atoms with Crippen molar-refractivity contribution in [2.24, 2.45) is 17.4 Å². The lowest BCUT2D eigenvalue weighted by molar-refractivity contribution is -0.145. The van der Waals surface area contributed by atoms with E-state index >= 15 is 0 Å². The maximum absolute atomic E-state index is 13.4. The zero-order chi connectivity index (χ0) is 36.3. The van der Waals surface area contributed by atoms with E-state index in [2.05, 4.69) is 28.2 Å². The normalized spacial score (nSPS) is 14.4. The van der Waals surface area contributed by atoms with Gasteiger partial charge in [0.1, 0.15) is 18.1 Å². The van der Waals surface area contributed by atoms with Crippen LogP contribution in [0.3, 0.4) is 0 Å². The molecule has 13 nitrogen and oxygen atoms in total. The van der Waals surface area contributed by atoms with Crippen LogP contribution in [-0.2, 0) is 24.0 Å². The van der Waals surface area contributed by atoms with Crippen LogP contribution in [0.1, 0.15) is 143 Å². The number of unbranched alkanes of at least 4 members (excludes halogenated alkanes) is 13. The third kappa shape index (κ3) is 21.3. The van der Waals surface area contributed by atoms with Gasteiger partial charge in [0.25, 0.3) is 0 Å². The summed E-state index contributed by atoms with van der Waals surface area (Å²) < 4.78 is 0. The van der Waals surface area contributed by atoms with Crippen molar-refractivity contribution in [2.75, 3.05) is 13.1 Å². The van der Waals surface area contributed by atoms with Crippen molar-refractivity contribution in [2.45, 2.75) is 174 Å². The number of nitrogens with two attached hydrogens (primary N) is 2. The number of hydrogen-bond acceptors (Lipinski definition) is 8. The molecule has 0 aliphatic rings. The van der Waals surface area contributed by atoms with Gasteiger partial charge in [0.05, 0.1) is 6.10 Å². The van der Waals surface area contributed by atoms with Crippen molar-refractivity contribution in [3.63, 3.8) is 0 Å². The zero-order valence-corrected chi connectivity index (χ0v) is 30.2. The van der Waals surface area contributed by atoms with Gasteiger partial charge in [-0.1, -0.05) is 97.8 Å². The summed E-state index contributed by atoms with van der Waals surface area (Å²) in [4.78, 5) is 63.7. The number of amides is 4. The standard InChI is InChI=1S/C35H68N6O7/c1-5-6-7-8-9-10-11-12-13-14-15-16-17-21-29(43)38-27(20-18-19-23-36)32(44)40-30(25(2)3)34(46)39-28(22-24-37)33(45)41-31(26(4)42)35(47)48/h25-28,30-31,42H,5-24,36-37H2,1-4H3,(H,38,43)(H,39,46)(H,40,44)(H,41,45)(H,47,48)/t26-,27+,28+,30+,31+/m1/s1. The summed E-state index contributed by atoms with van der Waals surface area (Å²) in [7, 11) is 0. The third-order valence-electron chi connectivity index (χ3n) is 8.49. The molecule has 5 atom stereocenters. The number of aliphatic hydroxyl groups excluding tert-OH is 1. The number of hydrogen-bond donors (Lipinski definition) is 8. The summed E-state index contributed by atoms with van der Waals surface area (Å²) >= 11 is 0. The van der Waals surface area contributed by atoms with Gasteiger partial charge >= 0.3 is 5.97 Å². The van der Waals surface area contributed by atoms with Crippen molar-refractivity contribution >= 4 is 29.6 Å². The lowest BCUT2D eigenvalue weighted by atomic mass is 10.0. The molecule has 0 aliphatic carbocycles. The highest BCUT2D eigenvalue weighted by molar-refractivity contribution is 5.95. The van der Waals surface area contributed by atoms with Crippen LogP contribution in [0.4, 0.5) is 0 Å². The summed E-state index contributed by atoms with van der Waals surface area (Å²) in [6, 6.07) is -4.67. The van der Waals surface area contributed by atoms with E-state index < -0.39 is 54.0 Å². The zero-order valence-electron chi connectivity index (χ0n) is 30.2. The van der Waals surface area contributed by atoms with Gasteiger partial charge in [-0.05, 0) is 58.0 Å². The maximum Gasteiger partial charge on any atom is 0.328 e. The van der Waals surface area contributed by atoms with E-state index in [-0.39, 0.29) is 24.8 Å². The molecule has 48 heavy (non-hydrogen) atoms. The van der Waals surface area contributed by atoms with Crippen LogP contribution in [0.2, 0.25) is 0 Å². The molecular formula is C35H68N6O7. The summed E-state index contributed by atoms with van der Waals surface area (Å²) in [5.74, 6) is -4.03. The van der Waals surface area contributed by atoms with E-state index in [1.165, 1.54) is 64.7 Å². The third-order valence-corrected chi connectivity index (χ3v) is 8.49. The predicted octanol–water partition coefficient (Wildman–Crippen LogP) is 3.01. The molecule has 0 aromatic carbocycles. The predicted molar refractivity (Wildman–Crippen MR) is 189 cm³/mol. The molecule has 0 rings (SSSR count). The Morgan fingerprint density at radius 2 is 1.04 bits per heavy atom. The molecule has 0 aliphatic heterocycles. The minimum absolute atomic E-state index is 0.000547. The quantitative estimate of drug-likeness (QED) is 0.0520. The van der Waals surface area contributed by atoms with Gasteiger partial charge in [-0.25, -0.2) is 4.79 Å². The van der Waals surface area contributed by atoms with E-state index in [1.54, 1.807) is 13.8 Å². The first kappa shape index (κ1) is 45.2. The minimum Gasteiger partial charge on any atom is -0.480 e. The molecule has 4 amide bonds. The highest BCUT2D eigenvalue weighted by atomic mass is 16.4. The van der Waals surface area contributed by atoms with Gasteiger partial charge in [-0.3, -0.25) is 19.2 Å². The molecule has 0 spiro atoms. The van der Waals surface area contributed by atoms with E-state index in [0.717, 1.165) is 25.7 Å². The fourth-order valence-corrected chi connectivity index (χ4v) is 5.46. The number of carbonyl (C=O) groups is 5. The first-order valence-corrected chi connectivity index (χ1v) is 18.4. The average Bonchev–Trinajstić information content (AvgIpc) is 3.03. The Labute approximate surface area is 288 Å². The van der Waals surface area contributed by atoms with Crippen LogP contribution in [0.15, 0.2) is 0 Å². The number of aliphatic hydroxyl groups is 1. The summed E-state index contributed by atoms with van der Waals surface area (Å²) in [5, 5.41) is 29.4. The second kappa shape index (κ2) is 28.1. The van der Waals surface area contributed by atoms with Gasteiger partial charge < -0.3 is 42.9 Å². The second-order valence-corrected chi connectivity index (χ2v) is 13.3. The van der Waals surface area contributed by atoms with Crippen LogP contribution < -0.4 is 32.7 Å². The number of nitrogens with one attached hydrogen (secondary N) is 4. The highest BCUT2D eigenvalue weighted by Gasteiger charge is 2.33. The fourth-order valence-electron chi connectivity index (χ4n) is 5.46. The molecule has 0 aromatic rings. The van der Waals surface area contributed by atoms with Crippen molar-refractivity contribution in [3.8, 4) is 0 Å². The fraction of sp³-hybridized carbons (Fsp3) is 0.857. The molecular weight excluding hydrogens is 616 g/mol. The van der Waals surface area contributed by atoms with Gasteiger partial charge in [0.2, 0.25) is 23.6 Å². The van der Waals surface area contributed by atoms with Crippen molar-refractivity contribution in [1.82, 2.24) is 21.3 Å². The number of carbonyl (C=O) groups excluding carboxylic acids is 4. The number of carboxylic acids is 1. The Kier molecular flexibility index (Phi) is 26.5. The molecule has 10 N–H and O–H groups in total. The molecule has 0 heterocycles. The van der Waals surface area contributed by atoms with Crippen LogP contribution in [0.5, 0.6) is 0 Å². The van der Waals surface area contributed by atoms with Crippen LogP contribution in [0, 0.1) is 5.92 Å². The molecule has 0 aromatic heterocycles. The van der Waals surface area contributed by atoms with Crippen LogP contribution in [-0.4, -0.2) is 83.2 Å². The monoisotopic (exact) mass is 685 g/mol. The Morgan fingerprint density at radius 3 is 1.48 bits per heavy atom. The lowest BCUT2D eigenvalue weighted by Gasteiger charge is -2.28. The van der Waals surface area contributed by atoms with Gasteiger partial charge in [-0.15, -0.1) is 0 Å². The van der Waals surface area contributed by atoms with Crippen molar-refractivity contribution < 1.29 is 34.2 Å². The summed E-state index contributed by atoms with van der Waals surface area (Å²) in [6.45, 7) is 7.37. The molecule has 13 heteroatoms. The average molecular weight is 685 g/mol. The smallest absolute Gasteiger partial charge is 0.328 e. The highest BCUT2D eigenvalue weighted by Crippen LogP contribution is 2.13. The molecule has 0 bridgehead atoms. The Morgan fingerprint density at radius 1 is 0.562 bits per heavy atom. The number of rotatable bonds is 30.